The first-order valence-corrected chi connectivity index (χ1v) is 8.53. The molecule has 28 heavy (non-hydrogen) atoms. The van der Waals surface area contributed by atoms with E-state index in [1.807, 2.05) is 0 Å². The molecule has 7 nitrogen and oxygen atoms in total. The smallest absolute Gasteiger partial charge is 0.387 e. The number of esters is 1. The van der Waals surface area contributed by atoms with E-state index in [-0.39, 0.29) is 29.5 Å². The summed E-state index contributed by atoms with van der Waals surface area (Å²) < 4.78 is 39.5. The first kappa shape index (κ1) is 21.4. The molecule has 0 aliphatic carbocycles. The van der Waals surface area contributed by atoms with Gasteiger partial charge in [-0.05, 0) is 44.2 Å². The van der Waals surface area contributed by atoms with Gasteiger partial charge in [-0.25, -0.2) is 9.78 Å². The maximum atomic E-state index is 12.4. The van der Waals surface area contributed by atoms with Gasteiger partial charge in [0.1, 0.15) is 5.82 Å². The third-order valence-corrected chi connectivity index (χ3v) is 3.55. The van der Waals surface area contributed by atoms with Crippen LogP contribution in [0.2, 0.25) is 5.02 Å². The number of carbonyl (C=O) groups is 2. The van der Waals surface area contributed by atoms with Crippen LogP contribution in [0.5, 0.6) is 11.5 Å². The quantitative estimate of drug-likeness (QED) is 0.659. The highest BCUT2D eigenvalue weighted by Crippen LogP contribution is 2.30. The number of benzene rings is 1. The molecule has 0 spiro atoms. The van der Waals surface area contributed by atoms with Gasteiger partial charge in [0.15, 0.2) is 17.6 Å². The van der Waals surface area contributed by atoms with Gasteiger partial charge < -0.3 is 19.5 Å². The summed E-state index contributed by atoms with van der Waals surface area (Å²) in [6, 6.07) is 6.63. The summed E-state index contributed by atoms with van der Waals surface area (Å²) in [7, 11) is 0. The molecular formula is C18H17ClF2N2O5. The predicted octanol–water partition coefficient (Wildman–Crippen LogP) is 3.92. The average molecular weight is 415 g/mol. The molecule has 2 aromatic rings. The Hall–Kier alpha value is -2.94. The van der Waals surface area contributed by atoms with Crippen LogP contribution < -0.4 is 14.8 Å². The van der Waals surface area contributed by atoms with E-state index in [1.165, 1.54) is 31.3 Å². The van der Waals surface area contributed by atoms with Crippen molar-refractivity contribution < 1.29 is 32.6 Å². The normalized spacial score (nSPS) is 11.6. The molecule has 0 bridgehead atoms. The molecule has 0 aliphatic heterocycles. The molecule has 1 atom stereocenters. The number of hydrogen-bond donors (Lipinski definition) is 1. The van der Waals surface area contributed by atoms with Gasteiger partial charge in [0.25, 0.3) is 5.91 Å². The maximum absolute atomic E-state index is 12.4. The molecule has 1 aromatic carbocycles. The number of anilines is 1. The van der Waals surface area contributed by atoms with Crippen LogP contribution in [-0.2, 0) is 9.53 Å². The third-order valence-electron chi connectivity index (χ3n) is 3.33. The van der Waals surface area contributed by atoms with E-state index in [1.54, 1.807) is 13.0 Å². The van der Waals surface area contributed by atoms with Gasteiger partial charge in [0.2, 0.25) is 0 Å². The van der Waals surface area contributed by atoms with Crippen LogP contribution in [0.3, 0.4) is 0 Å². The number of pyridine rings is 1. The fraction of sp³-hybridized carbons (Fsp3) is 0.278. The zero-order valence-corrected chi connectivity index (χ0v) is 15.7. The number of halogens is 3. The van der Waals surface area contributed by atoms with E-state index in [2.05, 4.69) is 15.0 Å². The van der Waals surface area contributed by atoms with Crippen molar-refractivity contribution in [3.8, 4) is 11.5 Å². The van der Waals surface area contributed by atoms with E-state index in [0.29, 0.717) is 5.02 Å². The SMILES string of the molecule is CCOc1cc(C(=O)O[C@@H](C)C(=O)Nc2ccc(Cl)cn2)ccc1OC(F)F. The molecular weight excluding hydrogens is 398 g/mol. The Balaban J connectivity index is 2.05. The first-order valence-electron chi connectivity index (χ1n) is 8.15. The molecule has 1 amide bonds. The van der Waals surface area contributed by atoms with Gasteiger partial charge >= 0.3 is 12.6 Å². The zero-order chi connectivity index (χ0) is 20.7. The average Bonchev–Trinajstić information content (AvgIpc) is 2.64. The lowest BCUT2D eigenvalue weighted by atomic mass is 10.2. The fourth-order valence-corrected chi connectivity index (χ4v) is 2.17. The monoisotopic (exact) mass is 414 g/mol. The number of carbonyl (C=O) groups excluding carboxylic acids is 2. The fourth-order valence-electron chi connectivity index (χ4n) is 2.06. The van der Waals surface area contributed by atoms with E-state index in [4.69, 9.17) is 21.1 Å². The van der Waals surface area contributed by atoms with Crippen molar-refractivity contribution in [2.45, 2.75) is 26.6 Å². The Labute approximate surface area is 164 Å². The Morgan fingerprint density at radius 1 is 1.21 bits per heavy atom. The van der Waals surface area contributed by atoms with E-state index < -0.39 is 24.6 Å². The minimum atomic E-state index is -3.04. The van der Waals surface area contributed by atoms with Crippen LogP contribution in [0.4, 0.5) is 14.6 Å². The summed E-state index contributed by atoms with van der Waals surface area (Å²) in [6.45, 7) is 0.155. The summed E-state index contributed by atoms with van der Waals surface area (Å²) in [5.74, 6) is -1.46. The molecule has 0 saturated heterocycles. The Kier molecular flexibility index (Phi) is 7.51. The van der Waals surface area contributed by atoms with Crippen molar-refractivity contribution in [2.75, 3.05) is 11.9 Å². The Morgan fingerprint density at radius 3 is 2.57 bits per heavy atom. The number of alkyl halides is 2. The van der Waals surface area contributed by atoms with Gasteiger partial charge in [-0.2, -0.15) is 8.78 Å². The second-order valence-corrected chi connectivity index (χ2v) is 5.81. The number of amides is 1. The van der Waals surface area contributed by atoms with Gasteiger partial charge in [-0.15, -0.1) is 0 Å². The van der Waals surface area contributed by atoms with E-state index >= 15 is 0 Å². The molecule has 1 heterocycles. The summed E-state index contributed by atoms with van der Waals surface area (Å²) >= 11 is 5.72. The third kappa shape index (κ3) is 6.05. The number of rotatable bonds is 8. The molecule has 1 N–H and O–H groups in total. The predicted molar refractivity (Wildman–Crippen MR) is 97.0 cm³/mol. The Morgan fingerprint density at radius 2 is 1.96 bits per heavy atom. The molecule has 0 fully saturated rings. The summed E-state index contributed by atoms with van der Waals surface area (Å²) in [4.78, 5) is 28.3. The molecule has 0 radical (unpaired) electrons. The van der Waals surface area contributed by atoms with Crippen LogP contribution >= 0.6 is 11.6 Å². The number of hydrogen-bond acceptors (Lipinski definition) is 6. The molecule has 1 aromatic heterocycles. The van der Waals surface area contributed by atoms with Gasteiger partial charge in [-0.3, -0.25) is 4.79 Å². The molecule has 2 rings (SSSR count). The first-order chi connectivity index (χ1) is 13.3. The van der Waals surface area contributed by atoms with Crippen molar-refractivity contribution in [3.63, 3.8) is 0 Å². The second kappa shape index (κ2) is 9.84. The molecule has 0 unspecified atom stereocenters. The van der Waals surface area contributed by atoms with E-state index in [0.717, 1.165) is 6.07 Å². The van der Waals surface area contributed by atoms with Crippen LogP contribution in [-0.4, -0.2) is 36.2 Å². The highest BCUT2D eigenvalue weighted by atomic mass is 35.5. The van der Waals surface area contributed by atoms with E-state index in [9.17, 15) is 18.4 Å². The topological polar surface area (TPSA) is 86.8 Å². The summed E-state index contributed by atoms with van der Waals surface area (Å²) in [5, 5.41) is 2.88. The maximum Gasteiger partial charge on any atom is 0.387 e. The number of ether oxygens (including phenoxy) is 3. The highest BCUT2D eigenvalue weighted by molar-refractivity contribution is 6.30. The number of nitrogens with zero attached hydrogens (tertiary/aromatic N) is 1. The van der Waals surface area contributed by atoms with Gasteiger partial charge in [0.05, 0.1) is 17.2 Å². The van der Waals surface area contributed by atoms with Gasteiger partial charge in [0, 0.05) is 6.20 Å². The molecule has 150 valence electrons. The van der Waals surface area contributed by atoms with Crippen LogP contribution in [0.25, 0.3) is 0 Å². The molecule has 0 saturated carbocycles. The standard InChI is InChI=1S/C18H17ClF2N2O5/c1-3-26-14-8-11(4-6-13(14)28-18(20)21)17(25)27-10(2)16(24)23-15-7-5-12(19)9-22-15/h4-10,18H,3H2,1-2H3,(H,22,23,24)/t10-/m0/s1. The Bertz CT molecular complexity index is 833. The second-order valence-electron chi connectivity index (χ2n) is 5.37. The molecule has 10 heteroatoms. The zero-order valence-electron chi connectivity index (χ0n) is 14.9. The van der Waals surface area contributed by atoms with Crippen LogP contribution in [0.1, 0.15) is 24.2 Å². The summed E-state index contributed by atoms with van der Waals surface area (Å²) in [5.41, 5.74) is 0.00864. The van der Waals surface area contributed by atoms with Crippen LogP contribution in [0, 0.1) is 0 Å². The van der Waals surface area contributed by atoms with Crippen molar-refractivity contribution in [2.24, 2.45) is 0 Å². The lowest BCUT2D eigenvalue weighted by Gasteiger charge is -2.15. The summed E-state index contributed by atoms with van der Waals surface area (Å²) in [6.07, 6.45) is 0.212. The minimum Gasteiger partial charge on any atom is -0.490 e. The lowest BCUT2D eigenvalue weighted by molar-refractivity contribution is -0.123. The number of aromatic nitrogens is 1. The van der Waals surface area contributed by atoms with Gasteiger partial charge in [-0.1, -0.05) is 11.6 Å². The van der Waals surface area contributed by atoms with Crippen molar-refractivity contribution in [3.05, 3.63) is 47.1 Å². The number of nitrogens with one attached hydrogen (secondary N) is 1. The highest BCUT2D eigenvalue weighted by Gasteiger charge is 2.21. The molecule has 0 aliphatic rings. The van der Waals surface area contributed by atoms with Crippen LogP contribution in [0.15, 0.2) is 36.5 Å². The minimum absolute atomic E-state index is 0.00864. The van der Waals surface area contributed by atoms with Crippen molar-refractivity contribution >= 4 is 29.3 Å². The largest absolute Gasteiger partial charge is 0.490 e. The van der Waals surface area contributed by atoms with Crippen molar-refractivity contribution in [1.82, 2.24) is 4.98 Å². The van der Waals surface area contributed by atoms with Crippen molar-refractivity contribution in [1.29, 1.82) is 0 Å². The lowest BCUT2D eigenvalue weighted by Crippen LogP contribution is -2.30.